The highest BCUT2D eigenvalue weighted by Crippen LogP contribution is 2.57. The molecule has 9 heteroatoms. The largest absolute Gasteiger partial charge is 0.468 e. The standard InChI is InChI=1S/C31H40N2O7/c1-19(2)24-15-26-31(30(36)37-3,28(40-24)21-8-9-21)16-22(14-27(34)32-11-5-4-6-12-32)29(35)33(26)17-20-7-10-23-25(13-20)39-18-38-23/h7,10,13,15,19,21-22,24,28H,4-6,8-9,11-12,14,16-18H2,1-3H3/t22-,24+,28+,31+/m0/s1. The number of carbonyl (C=O) groups is 3. The Labute approximate surface area is 235 Å². The van der Waals surface area contributed by atoms with Gasteiger partial charge in [0.1, 0.15) is 5.41 Å². The highest BCUT2D eigenvalue weighted by molar-refractivity contribution is 5.93. The van der Waals surface area contributed by atoms with Crippen molar-refractivity contribution < 1.29 is 33.3 Å². The number of likely N-dealkylation sites (tertiary alicyclic amines) is 2. The minimum absolute atomic E-state index is 0.0201. The van der Waals surface area contributed by atoms with E-state index in [-0.39, 0.29) is 55.9 Å². The highest BCUT2D eigenvalue weighted by Gasteiger charge is 2.64. The van der Waals surface area contributed by atoms with E-state index in [0.717, 1.165) is 50.8 Å². The van der Waals surface area contributed by atoms with Gasteiger partial charge in [0.05, 0.1) is 25.9 Å². The van der Waals surface area contributed by atoms with Gasteiger partial charge in [0.15, 0.2) is 11.5 Å². The van der Waals surface area contributed by atoms with Gasteiger partial charge in [-0.3, -0.25) is 14.4 Å². The molecule has 9 nitrogen and oxygen atoms in total. The van der Waals surface area contributed by atoms with Crippen LogP contribution in [0, 0.1) is 23.2 Å². The average Bonchev–Trinajstić information content (AvgIpc) is 3.70. The number of nitrogens with zero attached hydrogens (tertiary/aromatic N) is 2. The van der Waals surface area contributed by atoms with Gasteiger partial charge in [-0.15, -0.1) is 0 Å². The van der Waals surface area contributed by atoms with Crippen molar-refractivity contribution in [1.82, 2.24) is 9.80 Å². The molecule has 6 rings (SSSR count). The van der Waals surface area contributed by atoms with Gasteiger partial charge >= 0.3 is 5.97 Å². The van der Waals surface area contributed by atoms with Gasteiger partial charge in [-0.1, -0.05) is 19.9 Å². The fourth-order valence-electron chi connectivity index (χ4n) is 6.92. The topological polar surface area (TPSA) is 94.6 Å². The first-order valence-corrected chi connectivity index (χ1v) is 14.8. The summed E-state index contributed by atoms with van der Waals surface area (Å²) in [6.45, 7) is 6.02. The molecule has 4 aliphatic heterocycles. The number of rotatable bonds is 7. The van der Waals surface area contributed by atoms with E-state index in [2.05, 4.69) is 13.8 Å². The smallest absolute Gasteiger partial charge is 0.320 e. The number of benzene rings is 1. The van der Waals surface area contributed by atoms with E-state index >= 15 is 0 Å². The Morgan fingerprint density at radius 2 is 1.85 bits per heavy atom. The molecule has 0 spiro atoms. The number of ether oxygens (including phenoxy) is 4. The summed E-state index contributed by atoms with van der Waals surface area (Å²) in [6.07, 6.45) is 6.62. The predicted octanol–water partition coefficient (Wildman–Crippen LogP) is 4.04. The molecule has 0 N–H and O–H groups in total. The molecule has 1 aromatic rings. The molecular formula is C31H40N2O7. The molecule has 1 aliphatic carbocycles. The van der Waals surface area contributed by atoms with E-state index in [1.807, 2.05) is 29.2 Å². The van der Waals surface area contributed by atoms with E-state index in [1.54, 1.807) is 4.90 Å². The summed E-state index contributed by atoms with van der Waals surface area (Å²) in [6, 6.07) is 5.65. The second-order valence-electron chi connectivity index (χ2n) is 12.3. The van der Waals surface area contributed by atoms with Gasteiger partial charge in [-0.05, 0) is 74.1 Å². The fourth-order valence-corrected chi connectivity index (χ4v) is 6.92. The normalized spacial score (nSPS) is 29.8. The van der Waals surface area contributed by atoms with Crippen molar-refractivity contribution in [2.45, 2.75) is 77.5 Å². The lowest BCUT2D eigenvalue weighted by Gasteiger charge is -2.53. The van der Waals surface area contributed by atoms with Gasteiger partial charge in [-0.25, -0.2) is 0 Å². The molecule has 0 bridgehead atoms. The Bertz CT molecular complexity index is 1200. The summed E-state index contributed by atoms with van der Waals surface area (Å²) in [7, 11) is 1.40. The zero-order valence-corrected chi connectivity index (χ0v) is 23.7. The van der Waals surface area contributed by atoms with Crippen LogP contribution in [-0.2, 0) is 30.4 Å². The Kier molecular flexibility index (Phi) is 7.27. The molecule has 3 fully saturated rings. The Hall–Kier alpha value is -3.07. The van der Waals surface area contributed by atoms with E-state index in [4.69, 9.17) is 18.9 Å². The molecule has 1 saturated carbocycles. The third-order valence-corrected chi connectivity index (χ3v) is 9.21. The van der Waals surface area contributed by atoms with E-state index in [0.29, 0.717) is 17.2 Å². The van der Waals surface area contributed by atoms with Gasteiger partial charge < -0.3 is 28.7 Å². The first-order chi connectivity index (χ1) is 19.3. The lowest BCUT2D eigenvalue weighted by atomic mass is 9.64. The van der Waals surface area contributed by atoms with Crippen molar-refractivity contribution >= 4 is 17.8 Å². The van der Waals surface area contributed by atoms with Gasteiger partial charge in [0.2, 0.25) is 18.6 Å². The maximum Gasteiger partial charge on any atom is 0.320 e. The van der Waals surface area contributed by atoms with Crippen LogP contribution < -0.4 is 9.47 Å². The van der Waals surface area contributed by atoms with Gasteiger partial charge in [0, 0.05) is 31.1 Å². The van der Waals surface area contributed by atoms with Crippen molar-refractivity contribution in [2.24, 2.45) is 23.2 Å². The van der Waals surface area contributed by atoms with Crippen molar-refractivity contribution in [3.8, 4) is 11.5 Å². The molecule has 216 valence electrons. The summed E-state index contributed by atoms with van der Waals surface area (Å²) >= 11 is 0. The van der Waals surface area contributed by atoms with E-state index < -0.39 is 23.4 Å². The molecule has 0 aromatic heterocycles. The van der Waals surface area contributed by atoms with Crippen molar-refractivity contribution in [2.75, 3.05) is 27.0 Å². The number of piperidine rings is 2. The molecule has 5 aliphatic rings. The van der Waals surface area contributed by atoms with Crippen LogP contribution in [0.4, 0.5) is 0 Å². The second-order valence-corrected chi connectivity index (χ2v) is 12.3. The molecule has 1 aromatic carbocycles. The molecule has 0 radical (unpaired) electrons. The molecule has 2 saturated heterocycles. The Morgan fingerprint density at radius 3 is 2.55 bits per heavy atom. The molecular weight excluding hydrogens is 512 g/mol. The average molecular weight is 553 g/mol. The minimum Gasteiger partial charge on any atom is -0.468 e. The first-order valence-electron chi connectivity index (χ1n) is 14.8. The van der Waals surface area contributed by atoms with Crippen LogP contribution in [0.2, 0.25) is 0 Å². The monoisotopic (exact) mass is 552 g/mol. The Balaban J connectivity index is 1.42. The minimum atomic E-state index is -1.15. The third-order valence-electron chi connectivity index (χ3n) is 9.21. The van der Waals surface area contributed by atoms with Crippen LogP contribution in [0.3, 0.4) is 0 Å². The molecule has 4 heterocycles. The maximum atomic E-state index is 14.3. The molecule has 2 amide bonds. The predicted molar refractivity (Wildman–Crippen MR) is 145 cm³/mol. The summed E-state index contributed by atoms with van der Waals surface area (Å²) in [5.41, 5.74) is 0.361. The number of carbonyl (C=O) groups excluding carboxylic acids is 3. The van der Waals surface area contributed by atoms with Crippen LogP contribution in [0.25, 0.3) is 0 Å². The van der Waals surface area contributed by atoms with Crippen LogP contribution in [0.15, 0.2) is 30.0 Å². The first kappa shape index (κ1) is 27.1. The lowest BCUT2D eigenvalue weighted by Crippen LogP contribution is -2.61. The van der Waals surface area contributed by atoms with Crippen molar-refractivity contribution in [3.63, 3.8) is 0 Å². The fraction of sp³-hybridized carbons (Fsp3) is 0.645. The SMILES string of the molecule is COC(=O)[C@]12C[C@H](CC(=O)N3CCCCC3)C(=O)N(Cc3ccc4c(c3)OCO4)C1=C[C@H](C(C)C)O[C@@H]2C1CC1. The summed E-state index contributed by atoms with van der Waals surface area (Å²) < 4.78 is 23.3. The number of amides is 2. The number of esters is 1. The van der Waals surface area contributed by atoms with Crippen LogP contribution in [0.5, 0.6) is 11.5 Å². The molecule has 4 atom stereocenters. The van der Waals surface area contributed by atoms with E-state index in [9.17, 15) is 14.4 Å². The number of methoxy groups -OCH3 is 1. The quantitative estimate of drug-likeness (QED) is 0.471. The summed E-state index contributed by atoms with van der Waals surface area (Å²) in [5.74, 6) is 0.475. The zero-order chi connectivity index (χ0) is 28.0. The van der Waals surface area contributed by atoms with Gasteiger partial charge in [0.25, 0.3) is 0 Å². The summed E-state index contributed by atoms with van der Waals surface area (Å²) in [5, 5.41) is 0. The van der Waals surface area contributed by atoms with Crippen molar-refractivity contribution in [3.05, 3.63) is 35.5 Å². The zero-order valence-electron chi connectivity index (χ0n) is 23.7. The lowest BCUT2D eigenvalue weighted by molar-refractivity contribution is -0.182. The molecule has 40 heavy (non-hydrogen) atoms. The Morgan fingerprint density at radius 1 is 1.10 bits per heavy atom. The maximum absolute atomic E-state index is 14.3. The van der Waals surface area contributed by atoms with Gasteiger partial charge in [-0.2, -0.15) is 0 Å². The second kappa shape index (κ2) is 10.7. The third kappa shape index (κ3) is 4.76. The van der Waals surface area contributed by atoms with Crippen LogP contribution in [0.1, 0.15) is 64.4 Å². The number of fused-ring (bicyclic) bond motifs is 2. The number of hydrogen-bond acceptors (Lipinski definition) is 7. The van der Waals surface area contributed by atoms with Crippen molar-refractivity contribution in [1.29, 1.82) is 0 Å². The highest BCUT2D eigenvalue weighted by atomic mass is 16.7. The van der Waals surface area contributed by atoms with E-state index in [1.165, 1.54) is 7.11 Å². The van der Waals surface area contributed by atoms with Crippen LogP contribution >= 0.6 is 0 Å². The number of hydrogen-bond donors (Lipinski definition) is 0. The summed E-state index contributed by atoms with van der Waals surface area (Å²) in [4.78, 5) is 45.3. The van der Waals surface area contributed by atoms with Crippen LogP contribution in [-0.4, -0.2) is 66.8 Å². The molecule has 0 unspecified atom stereocenters.